The van der Waals surface area contributed by atoms with Gasteiger partial charge in [-0.25, -0.2) is 5.43 Å². The van der Waals surface area contributed by atoms with Crippen molar-refractivity contribution in [3.8, 4) is 0 Å². The molecule has 0 aliphatic heterocycles. The molecule has 0 saturated heterocycles. The summed E-state index contributed by atoms with van der Waals surface area (Å²) in [5.74, 6) is -0.239. The normalized spacial score (nSPS) is 11.1. The highest BCUT2D eigenvalue weighted by Crippen LogP contribution is 2.12. The molecule has 0 aliphatic carbocycles. The number of nitro benzene ring substituents is 1. The molecule has 0 atom stereocenters. The van der Waals surface area contributed by atoms with Crippen LogP contribution in [0.4, 0.5) is 5.69 Å². The molecule has 6 nitrogen and oxygen atoms in total. The number of non-ortho nitro benzene ring substituents is 1. The molecule has 0 spiro atoms. The van der Waals surface area contributed by atoms with Crippen LogP contribution < -0.4 is 5.43 Å². The van der Waals surface area contributed by atoms with Gasteiger partial charge in [-0.05, 0) is 18.9 Å². The summed E-state index contributed by atoms with van der Waals surface area (Å²) in [5.41, 5.74) is 4.00. The first-order chi connectivity index (χ1) is 8.52. The van der Waals surface area contributed by atoms with E-state index in [-0.39, 0.29) is 18.0 Å². The standard InChI is InChI=1S/C12H15N3O3/c1-3-9(2)13-14-12(16)8-10-4-6-11(7-5-10)15(17)18/h4-7H,3,8H2,1-2H3,(H,14,16)/b13-9-. The fourth-order valence-electron chi connectivity index (χ4n) is 1.20. The van der Waals surface area contributed by atoms with Crippen LogP contribution >= 0.6 is 0 Å². The third-order valence-electron chi connectivity index (χ3n) is 2.39. The van der Waals surface area contributed by atoms with E-state index in [0.29, 0.717) is 5.56 Å². The summed E-state index contributed by atoms with van der Waals surface area (Å²) >= 11 is 0. The quantitative estimate of drug-likeness (QED) is 0.492. The molecule has 1 rings (SSSR count). The van der Waals surface area contributed by atoms with Crippen LogP contribution in [-0.4, -0.2) is 16.5 Å². The minimum Gasteiger partial charge on any atom is -0.273 e. The third-order valence-corrected chi connectivity index (χ3v) is 2.39. The largest absolute Gasteiger partial charge is 0.273 e. The van der Waals surface area contributed by atoms with Gasteiger partial charge in [-0.15, -0.1) is 0 Å². The summed E-state index contributed by atoms with van der Waals surface area (Å²) in [7, 11) is 0. The number of rotatable bonds is 5. The van der Waals surface area contributed by atoms with Gasteiger partial charge in [0.05, 0.1) is 11.3 Å². The molecule has 0 fully saturated rings. The summed E-state index contributed by atoms with van der Waals surface area (Å²) in [6, 6.07) is 5.88. The fourth-order valence-corrected chi connectivity index (χ4v) is 1.20. The van der Waals surface area contributed by atoms with E-state index in [1.165, 1.54) is 12.1 Å². The fraction of sp³-hybridized carbons (Fsp3) is 0.333. The second kappa shape index (κ2) is 6.48. The molecular formula is C12H15N3O3. The minimum absolute atomic E-state index is 0.0130. The Morgan fingerprint density at radius 2 is 2.00 bits per heavy atom. The Morgan fingerprint density at radius 3 is 2.50 bits per heavy atom. The Kier molecular flexibility index (Phi) is 4.98. The van der Waals surface area contributed by atoms with Crippen molar-refractivity contribution < 1.29 is 9.72 Å². The zero-order chi connectivity index (χ0) is 13.5. The van der Waals surface area contributed by atoms with Gasteiger partial charge in [0, 0.05) is 17.8 Å². The molecule has 18 heavy (non-hydrogen) atoms. The smallest absolute Gasteiger partial charge is 0.269 e. The van der Waals surface area contributed by atoms with Gasteiger partial charge >= 0.3 is 0 Å². The van der Waals surface area contributed by atoms with Crippen LogP contribution in [0.25, 0.3) is 0 Å². The van der Waals surface area contributed by atoms with E-state index >= 15 is 0 Å². The Bertz CT molecular complexity index is 466. The second-order valence-electron chi connectivity index (χ2n) is 3.84. The van der Waals surface area contributed by atoms with Gasteiger partial charge in [-0.2, -0.15) is 5.10 Å². The van der Waals surface area contributed by atoms with Crippen LogP contribution in [0, 0.1) is 10.1 Å². The highest BCUT2D eigenvalue weighted by atomic mass is 16.6. The maximum Gasteiger partial charge on any atom is 0.269 e. The van der Waals surface area contributed by atoms with Gasteiger partial charge in [0.2, 0.25) is 5.91 Å². The molecule has 1 amide bonds. The number of hydrogen-bond acceptors (Lipinski definition) is 4. The van der Waals surface area contributed by atoms with Gasteiger partial charge in [0.25, 0.3) is 5.69 Å². The summed E-state index contributed by atoms with van der Waals surface area (Å²) in [4.78, 5) is 21.5. The van der Waals surface area contributed by atoms with Crippen LogP contribution in [0.15, 0.2) is 29.4 Å². The number of hydrogen-bond donors (Lipinski definition) is 1. The van der Waals surface area contributed by atoms with E-state index < -0.39 is 4.92 Å². The summed E-state index contributed by atoms with van der Waals surface area (Å²) in [5, 5.41) is 14.3. The van der Waals surface area contributed by atoms with Gasteiger partial charge < -0.3 is 0 Å². The molecule has 0 unspecified atom stereocenters. The van der Waals surface area contributed by atoms with Crippen molar-refractivity contribution in [1.29, 1.82) is 0 Å². The third kappa shape index (κ3) is 4.32. The Morgan fingerprint density at radius 1 is 1.39 bits per heavy atom. The average molecular weight is 249 g/mol. The highest BCUT2D eigenvalue weighted by Gasteiger charge is 2.06. The highest BCUT2D eigenvalue weighted by molar-refractivity contribution is 5.84. The van der Waals surface area contributed by atoms with E-state index in [4.69, 9.17) is 0 Å². The maximum atomic E-state index is 11.5. The number of amides is 1. The molecular weight excluding hydrogens is 234 g/mol. The first kappa shape index (κ1) is 13.8. The van der Waals surface area contributed by atoms with Gasteiger partial charge in [-0.3, -0.25) is 14.9 Å². The Hall–Kier alpha value is -2.24. The van der Waals surface area contributed by atoms with Crippen molar-refractivity contribution in [1.82, 2.24) is 5.43 Å². The summed E-state index contributed by atoms with van der Waals surface area (Å²) in [6.45, 7) is 3.77. The first-order valence-electron chi connectivity index (χ1n) is 5.58. The van der Waals surface area contributed by atoms with Gasteiger partial charge in [0.1, 0.15) is 0 Å². The molecule has 0 aromatic heterocycles. The van der Waals surface area contributed by atoms with Crippen LogP contribution in [0.5, 0.6) is 0 Å². The molecule has 1 N–H and O–H groups in total. The minimum atomic E-state index is -0.473. The van der Waals surface area contributed by atoms with E-state index in [9.17, 15) is 14.9 Å². The average Bonchev–Trinajstić information content (AvgIpc) is 2.36. The lowest BCUT2D eigenvalue weighted by Crippen LogP contribution is -2.20. The second-order valence-corrected chi connectivity index (χ2v) is 3.84. The maximum absolute atomic E-state index is 11.5. The zero-order valence-corrected chi connectivity index (χ0v) is 10.3. The van der Waals surface area contributed by atoms with E-state index in [0.717, 1.165) is 12.1 Å². The molecule has 1 aromatic carbocycles. The molecule has 0 heterocycles. The molecule has 6 heteroatoms. The molecule has 96 valence electrons. The molecule has 1 aromatic rings. The number of hydrazone groups is 1. The van der Waals surface area contributed by atoms with Crippen molar-refractivity contribution in [2.45, 2.75) is 26.7 Å². The van der Waals surface area contributed by atoms with Crippen molar-refractivity contribution >= 4 is 17.3 Å². The lowest BCUT2D eigenvalue weighted by Gasteiger charge is -2.01. The van der Waals surface area contributed by atoms with Crippen LogP contribution in [0.1, 0.15) is 25.8 Å². The predicted octanol–water partition coefficient (Wildman–Crippen LogP) is 2.04. The number of carbonyl (C=O) groups excluding carboxylic acids is 1. The van der Waals surface area contributed by atoms with Crippen molar-refractivity contribution in [2.75, 3.05) is 0 Å². The lowest BCUT2D eigenvalue weighted by atomic mass is 10.1. The SMILES string of the molecule is CC/C(C)=N\NC(=O)Cc1ccc([N+](=O)[O-])cc1. The van der Waals surface area contributed by atoms with Crippen LogP contribution in [0.2, 0.25) is 0 Å². The number of benzene rings is 1. The molecule has 0 bridgehead atoms. The Labute approximate surface area is 105 Å². The van der Waals surface area contributed by atoms with Crippen LogP contribution in [-0.2, 0) is 11.2 Å². The van der Waals surface area contributed by atoms with Crippen molar-refractivity contribution in [2.24, 2.45) is 5.10 Å². The molecule has 0 aliphatic rings. The predicted molar refractivity (Wildman–Crippen MR) is 68.3 cm³/mol. The monoisotopic (exact) mass is 249 g/mol. The molecule has 0 radical (unpaired) electrons. The van der Waals surface area contributed by atoms with Crippen molar-refractivity contribution in [3.05, 3.63) is 39.9 Å². The zero-order valence-electron chi connectivity index (χ0n) is 10.3. The summed E-state index contributed by atoms with van der Waals surface area (Å²) in [6.07, 6.45) is 0.927. The van der Waals surface area contributed by atoms with E-state index in [2.05, 4.69) is 10.5 Å². The van der Waals surface area contributed by atoms with Crippen molar-refractivity contribution in [3.63, 3.8) is 0 Å². The number of nitrogens with one attached hydrogen (secondary N) is 1. The number of nitrogens with zero attached hydrogens (tertiary/aromatic N) is 2. The van der Waals surface area contributed by atoms with E-state index in [1.54, 1.807) is 12.1 Å². The topological polar surface area (TPSA) is 84.6 Å². The number of nitro groups is 1. The van der Waals surface area contributed by atoms with Gasteiger partial charge in [0.15, 0.2) is 0 Å². The lowest BCUT2D eigenvalue weighted by molar-refractivity contribution is -0.384. The first-order valence-corrected chi connectivity index (χ1v) is 5.58. The van der Waals surface area contributed by atoms with Gasteiger partial charge in [-0.1, -0.05) is 19.1 Å². The number of carbonyl (C=O) groups is 1. The molecule has 0 saturated carbocycles. The van der Waals surface area contributed by atoms with Crippen LogP contribution in [0.3, 0.4) is 0 Å². The summed E-state index contributed by atoms with van der Waals surface area (Å²) < 4.78 is 0. The Balaban J connectivity index is 2.57. The van der Waals surface area contributed by atoms with E-state index in [1.807, 2.05) is 13.8 Å².